The lowest BCUT2D eigenvalue weighted by Gasteiger charge is -2.27. The third-order valence-corrected chi connectivity index (χ3v) is 6.64. The minimum atomic E-state index is -0.354. The Balaban J connectivity index is 1.79. The van der Waals surface area contributed by atoms with E-state index >= 15 is 0 Å². The lowest BCUT2D eigenvalue weighted by atomic mass is 10.2. The molecule has 1 fully saturated rings. The van der Waals surface area contributed by atoms with Gasteiger partial charge in [0, 0.05) is 18.9 Å². The number of hydrogen-bond donors (Lipinski definition) is 1. The molecule has 4 aromatic rings. The Morgan fingerprint density at radius 3 is 2.91 bits per heavy atom. The number of fused-ring (bicyclic) bond motifs is 1. The van der Waals surface area contributed by atoms with Crippen molar-refractivity contribution in [3.8, 4) is 11.9 Å². The maximum absolute atomic E-state index is 13.7. The number of anilines is 2. The van der Waals surface area contributed by atoms with E-state index in [4.69, 9.17) is 22.3 Å². The average Bonchev–Trinajstić information content (AvgIpc) is 3.42. The van der Waals surface area contributed by atoms with Gasteiger partial charge in [-0.2, -0.15) is 10.4 Å². The molecule has 32 heavy (non-hydrogen) atoms. The van der Waals surface area contributed by atoms with Crippen molar-refractivity contribution in [3.63, 3.8) is 0 Å². The summed E-state index contributed by atoms with van der Waals surface area (Å²) in [5.74, 6) is 2.75. The monoisotopic (exact) mass is 465 g/mol. The molecule has 0 radical (unpaired) electrons. The summed E-state index contributed by atoms with van der Waals surface area (Å²) in [7, 11) is 1.75. The highest BCUT2D eigenvalue weighted by atomic mass is 35.5. The second-order valence-corrected chi connectivity index (χ2v) is 8.52. The van der Waals surface area contributed by atoms with Gasteiger partial charge in [0.05, 0.1) is 34.0 Å². The van der Waals surface area contributed by atoms with E-state index in [1.807, 2.05) is 4.90 Å². The molecule has 2 N–H and O–H groups in total. The fourth-order valence-electron chi connectivity index (χ4n) is 3.82. The molecule has 3 aromatic heterocycles. The molecule has 1 atom stereocenters. The number of benzene rings is 1. The van der Waals surface area contributed by atoms with Gasteiger partial charge in [0.15, 0.2) is 5.82 Å². The van der Waals surface area contributed by atoms with Crippen molar-refractivity contribution >= 4 is 45.9 Å². The van der Waals surface area contributed by atoms with Crippen molar-refractivity contribution in [2.45, 2.75) is 6.04 Å². The first-order valence-corrected chi connectivity index (χ1v) is 11.1. The quantitative estimate of drug-likeness (QED) is 0.483. The van der Waals surface area contributed by atoms with Crippen LogP contribution in [0.1, 0.15) is 17.4 Å². The minimum Gasteiger partial charge on any atom is -0.382 e. The number of nitrogens with zero attached hydrogens (tertiary/aromatic N) is 8. The van der Waals surface area contributed by atoms with E-state index in [1.54, 1.807) is 54.0 Å². The predicted octanol–water partition coefficient (Wildman–Crippen LogP) is 2.27. The van der Waals surface area contributed by atoms with E-state index in [0.29, 0.717) is 45.0 Å². The zero-order chi connectivity index (χ0) is 22.4. The summed E-state index contributed by atoms with van der Waals surface area (Å²) < 4.78 is 3.13. The van der Waals surface area contributed by atoms with Crippen LogP contribution in [0.15, 0.2) is 41.6 Å². The van der Waals surface area contributed by atoms with Gasteiger partial charge in [-0.1, -0.05) is 17.7 Å². The van der Waals surface area contributed by atoms with E-state index in [9.17, 15) is 10.1 Å². The van der Waals surface area contributed by atoms with Crippen LogP contribution in [0.3, 0.4) is 0 Å². The number of halogens is 1. The molecule has 0 spiro atoms. The molecule has 1 saturated heterocycles. The van der Waals surface area contributed by atoms with Gasteiger partial charge in [-0.05, 0) is 12.1 Å². The molecule has 0 bridgehead atoms. The number of rotatable bonds is 3. The Kier molecular flexibility index (Phi) is 4.96. The van der Waals surface area contributed by atoms with Gasteiger partial charge in [0.25, 0.3) is 5.56 Å². The molecule has 10 nitrogen and oxygen atoms in total. The number of thioether (sulfide) groups is 1. The largest absolute Gasteiger partial charge is 0.382 e. The van der Waals surface area contributed by atoms with E-state index in [1.165, 1.54) is 10.9 Å². The van der Waals surface area contributed by atoms with Crippen molar-refractivity contribution in [1.82, 2.24) is 29.3 Å². The van der Waals surface area contributed by atoms with Crippen LogP contribution in [0, 0.1) is 11.3 Å². The summed E-state index contributed by atoms with van der Waals surface area (Å²) in [6.07, 6.45) is 2.94. The van der Waals surface area contributed by atoms with E-state index in [-0.39, 0.29) is 23.0 Å². The number of nitrogens with two attached hydrogens (primary N) is 1. The standard InChI is InChI=1S/C20H16ClN9OS/c1-28-15(5-6-26-28)30-19(27-13-4-2-3-12(21)16(13)20(30)31)14-8-32-10-29(14)18-11(7-22)17(23)24-9-25-18/h2-6,9,14H,8,10H2,1H3,(H2,23,24,25). The van der Waals surface area contributed by atoms with E-state index in [2.05, 4.69) is 21.1 Å². The Hall–Kier alpha value is -3.62. The zero-order valence-electron chi connectivity index (χ0n) is 16.8. The molecule has 0 saturated carbocycles. The fraction of sp³-hybridized carbons (Fsp3) is 0.200. The molecule has 1 aromatic carbocycles. The Morgan fingerprint density at radius 2 is 2.16 bits per heavy atom. The summed E-state index contributed by atoms with van der Waals surface area (Å²) in [5.41, 5.74) is 6.32. The zero-order valence-corrected chi connectivity index (χ0v) is 18.4. The molecule has 12 heteroatoms. The predicted molar refractivity (Wildman–Crippen MR) is 123 cm³/mol. The summed E-state index contributed by atoms with van der Waals surface area (Å²) in [5, 5.41) is 14.5. The average molecular weight is 466 g/mol. The molecule has 0 aliphatic carbocycles. The SMILES string of the molecule is Cn1nccc1-n1c(C2CSCN2c2ncnc(N)c2C#N)nc2cccc(Cl)c2c1=O. The lowest BCUT2D eigenvalue weighted by Crippen LogP contribution is -2.34. The third kappa shape index (κ3) is 3.07. The molecular weight excluding hydrogens is 450 g/mol. The first-order chi connectivity index (χ1) is 15.5. The van der Waals surface area contributed by atoms with Crippen molar-refractivity contribution < 1.29 is 0 Å². The Bertz CT molecular complexity index is 1460. The van der Waals surface area contributed by atoms with Crippen molar-refractivity contribution in [3.05, 3.63) is 63.6 Å². The highest BCUT2D eigenvalue weighted by Gasteiger charge is 2.34. The third-order valence-electron chi connectivity index (χ3n) is 5.32. The highest BCUT2D eigenvalue weighted by Crippen LogP contribution is 2.38. The molecule has 1 unspecified atom stereocenters. The first-order valence-electron chi connectivity index (χ1n) is 9.55. The minimum absolute atomic E-state index is 0.107. The van der Waals surface area contributed by atoms with Crippen molar-refractivity contribution in [1.29, 1.82) is 5.26 Å². The molecule has 160 valence electrons. The van der Waals surface area contributed by atoms with E-state index < -0.39 is 0 Å². The molecular formula is C20H16ClN9OS. The molecule has 5 rings (SSSR count). The van der Waals surface area contributed by atoms with Gasteiger partial charge in [-0.25, -0.2) is 19.5 Å². The fourth-order valence-corrected chi connectivity index (χ4v) is 5.22. The van der Waals surface area contributed by atoms with E-state index in [0.717, 1.165) is 0 Å². The Labute approximate surface area is 191 Å². The summed E-state index contributed by atoms with van der Waals surface area (Å²) in [6, 6.07) is 8.66. The topological polar surface area (TPSA) is 132 Å². The Morgan fingerprint density at radius 1 is 1.31 bits per heavy atom. The van der Waals surface area contributed by atoms with Crippen LogP contribution in [0.2, 0.25) is 5.02 Å². The smallest absolute Gasteiger partial charge is 0.268 e. The van der Waals surface area contributed by atoms with Gasteiger partial charge in [-0.15, -0.1) is 11.8 Å². The van der Waals surface area contributed by atoms with Gasteiger partial charge in [0.1, 0.15) is 35.4 Å². The second-order valence-electron chi connectivity index (χ2n) is 7.11. The van der Waals surface area contributed by atoms with Gasteiger partial charge >= 0.3 is 0 Å². The first kappa shape index (κ1) is 20.3. The van der Waals surface area contributed by atoms with Crippen molar-refractivity contribution in [2.24, 2.45) is 7.05 Å². The van der Waals surface area contributed by atoms with Gasteiger partial charge in [-0.3, -0.25) is 9.48 Å². The summed E-state index contributed by atoms with van der Waals surface area (Å²) in [6.45, 7) is 0. The van der Waals surface area contributed by atoms with Gasteiger partial charge in [0.2, 0.25) is 0 Å². The van der Waals surface area contributed by atoms with Crippen LogP contribution >= 0.6 is 23.4 Å². The molecule has 4 heterocycles. The number of aryl methyl sites for hydroxylation is 1. The van der Waals surface area contributed by atoms with Gasteiger partial charge < -0.3 is 10.6 Å². The van der Waals surface area contributed by atoms with Crippen LogP contribution in [0.5, 0.6) is 0 Å². The maximum atomic E-state index is 13.7. The normalized spacial score (nSPS) is 15.9. The highest BCUT2D eigenvalue weighted by molar-refractivity contribution is 7.99. The second kappa shape index (κ2) is 7.81. The number of hydrogen-bond acceptors (Lipinski definition) is 9. The number of aromatic nitrogens is 6. The van der Waals surface area contributed by atoms with Crippen LogP contribution in [-0.4, -0.2) is 40.9 Å². The van der Waals surface area contributed by atoms with Crippen LogP contribution in [0.4, 0.5) is 11.6 Å². The van der Waals surface area contributed by atoms with Crippen LogP contribution < -0.4 is 16.2 Å². The van der Waals surface area contributed by atoms with Crippen LogP contribution in [-0.2, 0) is 7.05 Å². The number of nitrogen functional groups attached to an aromatic ring is 1. The number of nitriles is 1. The maximum Gasteiger partial charge on any atom is 0.268 e. The lowest BCUT2D eigenvalue weighted by molar-refractivity contribution is 0.636. The molecule has 0 amide bonds. The summed E-state index contributed by atoms with van der Waals surface area (Å²) >= 11 is 8.01. The molecule has 1 aliphatic rings. The summed E-state index contributed by atoms with van der Waals surface area (Å²) in [4.78, 5) is 28.7. The van der Waals surface area contributed by atoms with Crippen LogP contribution in [0.25, 0.3) is 16.7 Å². The van der Waals surface area contributed by atoms with Crippen molar-refractivity contribution in [2.75, 3.05) is 22.3 Å². The molecule has 1 aliphatic heterocycles.